The Morgan fingerprint density at radius 3 is 2.95 bits per heavy atom. The third kappa shape index (κ3) is 4.24. The molecule has 0 bridgehead atoms. The van der Waals surface area contributed by atoms with Crippen LogP contribution in [0.25, 0.3) is 0 Å². The van der Waals surface area contributed by atoms with Gasteiger partial charge in [-0.2, -0.15) is 0 Å². The second-order valence-electron chi connectivity index (χ2n) is 5.86. The number of piperidine rings is 1. The maximum Gasteiger partial charge on any atom is 0.222 e. The number of hydrogen-bond acceptors (Lipinski definition) is 2. The molecule has 0 saturated carbocycles. The largest absolute Gasteiger partial charge is 0.342 e. The molecule has 0 radical (unpaired) electrons. The second-order valence-corrected chi connectivity index (χ2v) is 5.86. The van der Waals surface area contributed by atoms with E-state index in [1.165, 1.54) is 25.7 Å². The zero-order valence-electron chi connectivity index (χ0n) is 11.9. The predicted molar refractivity (Wildman–Crippen MR) is 77.6 cm³/mol. The Morgan fingerprint density at radius 2 is 2.21 bits per heavy atom. The van der Waals surface area contributed by atoms with Gasteiger partial charge in [0.05, 0.1) is 0 Å². The summed E-state index contributed by atoms with van der Waals surface area (Å²) >= 11 is 0. The summed E-state index contributed by atoms with van der Waals surface area (Å²) in [6.07, 6.45) is 13.6. The molecule has 0 aromatic heterocycles. The van der Waals surface area contributed by atoms with Crippen LogP contribution in [-0.2, 0) is 4.79 Å². The average molecular weight is 262 g/mol. The van der Waals surface area contributed by atoms with Crippen molar-refractivity contribution in [2.24, 2.45) is 5.92 Å². The van der Waals surface area contributed by atoms with Crippen molar-refractivity contribution in [1.82, 2.24) is 10.2 Å². The molecule has 2 heterocycles. The summed E-state index contributed by atoms with van der Waals surface area (Å²) < 4.78 is 0. The summed E-state index contributed by atoms with van der Waals surface area (Å²) in [6.45, 7) is 3.07. The lowest BCUT2D eigenvalue weighted by Crippen LogP contribution is -2.45. The molecule has 3 heteroatoms. The van der Waals surface area contributed by atoms with Crippen LogP contribution >= 0.6 is 0 Å². The van der Waals surface area contributed by atoms with Gasteiger partial charge in [0.2, 0.25) is 5.91 Å². The van der Waals surface area contributed by atoms with Gasteiger partial charge in [-0.1, -0.05) is 0 Å². The molecule has 106 valence electrons. The van der Waals surface area contributed by atoms with Crippen LogP contribution in [-0.4, -0.2) is 36.5 Å². The second kappa shape index (κ2) is 7.55. The van der Waals surface area contributed by atoms with Crippen molar-refractivity contribution in [2.45, 2.75) is 57.4 Å². The SMILES string of the molecule is C#CCCCCC(=O)N1CCCC(C2CCCN2)C1. The molecule has 2 saturated heterocycles. The van der Waals surface area contributed by atoms with Crippen LogP contribution in [0.4, 0.5) is 0 Å². The minimum Gasteiger partial charge on any atom is -0.342 e. The molecule has 2 aliphatic heterocycles. The number of nitrogens with one attached hydrogen (secondary N) is 1. The van der Waals surface area contributed by atoms with Gasteiger partial charge in [0.1, 0.15) is 0 Å². The van der Waals surface area contributed by atoms with Gasteiger partial charge in [-0.25, -0.2) is 0 Å². The first kappa shape index (κ1) is 14.4. The van der Waals surface area contributed by atoms with E-state index >= 15 is 0 Å². The molecule has 1 N–H and O–H groups in total. The van der Waals surface area contributed by atoms with Crippen molar-refractivity contribution < 1.29 is 4.79 Å². The normalized spacial score (nSPS) is 27.2. The Morgan fingerprint density at radius 1 is 1.32 bits per heavy atom. The topological polar surface area (TPSA) is 32.3 Å². The molecular formula is C16H26N2O. The number of rotatable bonds is 5. The van der Waals surface area contributed by atoms with E-state index in [1.54, 1.807) is 0 Å². The smallest absolute Gasteiger partial charge is 0.222 e. The highest BCUT2D eigenvalue weighted by Crippen LogP contribution is 2.25. The number of carbonyl (C=O) groups is 1. The Bertz CT molecular complexity index is 328. The van der Waals surface area contributed by atoms with Crippen molar-refractivity contribution in [1.29, 1.82) is 0 Å². The van der Waals surface area contributed by atoms with Crippen molar-refractivity contribution >= 4 is 5.91 Å². The Hall–Kier alpha value is -1.01. The minimum atomic E-state index is 0.333. The van der Waals surface area contributed by atoms with Crippen LogP contribution in [0.3, 0.4) is 0 Å². The summed E-state index contributed by atoms with van der Waals surface area (Å²) in [6, 6.07) is 0.650. The number of nitrogens with zero attached hydrogens (tertiary/aromatic N) is 1. The van der Waals surface area contributed by atoms with Gasteiger partial charge in [-0.3, -0.25) is 4.79 Å². The lowest BCUT2D eigenvalue weighted by Gasteiger charge is -2.36. The van der Waals surface area contributed by atoms with E-state index in [4.69, 9.17) is 6.42 Å². The quantitative estimate of drug-likeness (QED) is 0.608. The van der Waals surface area contributed by atoms with Crippen LogP contribution < -0.4 is 5.32 Å². The van der Waals surface area contributed by atoms with Crippen LogP contribution in [0, 0.1) is 18.3 Å². The van der Waals surface area contributed by atoms with Crippen molar-refractivity contribution in [3.63, 3.8) is 0 Å². The van der Waals surface area contributed by atoms with Gasteiger partial charge in [-0.05, 0) is 51.0 Å². The van der Waals surface area contributed by atoms with Gasteiger partial charge in [0, 0.05) is 32.0 Å². The van der Waals surface area contributed by atoms with Crippen LogP contribution in [0.1, 0.15) is 51.4 Å². The number of hydrogen-bond donors (Lipinski definition) is 1. The summed E-state index contributed by atoms with van der Waals surface area (Å²) in [5.74, 6) is 3.64. The maximum atomic E-state index is 12.2. The summed E-state index contributed by atoms with van der Waals surface area (Å²) in [5, 5.41) is 3.59. The highest BCUT2D eigenvalue weighted by molar-refractivity contribution is 5.76. The molecule has 0 aromatic carbocycles. The first-order valence-corrected chi connectivity index (χ1v) is 7.76. The third-order valence-electron chi connectivity index (χ3n) is 4.44. The van der Waals surface area contributed by atoms with Gasteiger partial charge < -0.3 is 10.2 Å². The molecule has 0 aliphatic carbocycles. The molecule has 2 atom stereocenters. The zero-order valence-corrected chi connectivity index (χ0v) is 11.9. The number of carbonyl (C=O) groups excluding carboxylic acids is 1. The van der Waals surface area contributed by atoms with Crippen LogP contribution in [0.2, 0.25) is 0 Å². The number of unbranched alkanes of at least 4 members (excludes halogenated alkanes) is 2. The minimum absolute atomic E-state index is 0.333. The lowest BCUT2D eigenvalue weighted by atomic mass is 9.89. The first-order chi connectivity index (χ1) is 9.31. The molecule has 2 rings (SSSR count). The average Bonchev–Trinajstić information content (AvgIpc) is 2.98. The maximum absolute atomic E-state index is 12.2. The first-order valence-electron chi connectivity index (χ1n) is 7.76. The Balaban J connectivity index is 1.73. The summed E-state index contributed by atoms with van der Waals surface area (Å²) in [5.41, 5.74) is 0. The molecule has 0 aromatic rings. The van der Waals surface area contributed by atoms with Gasteiger partial charge in [0.25, 0.3) is 0 Å². The number of amides is 1. The number of likely N-dealkylation sites (tertiary alicyclic amines) is 1. The third-order valence-corrected chi connectivity index (χ3v) is 4.44. The lowest BCUT2D eigenvalue weighted by molar-refractivity contribution is -0.133. The van der Waals surface area contributed by atoms with Crippen LogP contribution in [0.15, 0.2) is 0 Å². The molecule has 1 amide bonds. The molecule has 0 spiro atoms. The van der Waals surface area contributed by atoms with E-state index in [0.29, 0.717) is 24.3 Å². The van der Waals surface area contributed by atoms with E-state index in [9.17, 15) is 4.79 Å². The highest BCUT2D eigenvalue weighted by atomic mass is 16.2. The molecular weight excluding hydrogens is 236 g/mol. The van der Waals surface area contributed by atoms with E-state index < -0.39 is 0 Å². The zero-order chi connectivity index (χ0) is 13.5. The molecule has 2 unspecified atom stereocenters. The fourth-order valence-electron chi connectivity index (χ4n) is 3.34. The fraction of sp³-hybridized carbons (Fsp3) is 0.812. The molecule has 2 fully saturated rings. The van der Waals surface area contributed by atoms with E-state index in [2.05, 4.69) is 16.1 Å². The van der Waals surface area contributed by atoms with E-state index in [-0.39, 0.29) is 0 Å². The van der Waals surface area contributed by atoms with Gasteiger partial charge in [0.15, 0.2) is 0 Å². The molecule has 2 aliphatic rings. The van der Waals surface area contributed by atoms with E-state index in [1.807, 2.05) is 0 Å². The molecule has 3 nitrogen and oxygen atoms in total. The van der Waals surface area contributed by atoms with Crippen molar-refractivity contribution in [3.05, 3.63) is 0 Å². The summed E-state index contributed by atoms with van der Waals surface area (Å²) in [7, 11) is 0. The Kier molecular flexibility index (Phi) is 5.72. The predicted octanol–water partition coefficient (Wildman–Crippen LogP) is 2.17. The van der Waals surface area contributed by atoms with E-state index in [0.717, 1.165) is 38.9 Å². The van der Waals surface area contributed by atoms with Gasteiger partial charge in [-0.15, -0.1) is 12.3 Å². The number of terminal acetylenes is 1. The fourth-order valence-corrected chi connectivity index (χ4v) is 3.34. The van der Waals surface area contributed by atoms with Crippen LogP contribution in [0.5, 0.6) is 0 Å². The van der Waals surface area contributed by atoms with Crippen molar-refractivity contribution in [3.8, 4) is 12.3 Å². The highest BCUT2D eigenvalue weighted by Gasteiger charge is 2.30. The summed E-state index contributed by atoms with van der Waals surface area (Å²) in [4.78, 5) is 14.3. The monoisotopic (exact) mass is 262 g/mol. The molecule has 19 heavy (non-hydrogen) atoms. The standard InChI is InChI=1S/C16H26N2O/c1-2-3-4-5-10-16(19)18-12-7-8-14(13-18)15-9-6-11-17-15/h1,14-15,17H,3-13H2. The van der Waals surface area contributed by atoms with Crippen molar-refractivity contribution in [2.75, 3.05) is 19.6 Å². The Labute approximate surface area is 117 Å². The van der Waals surface area contributed by atoms with Gasteiger partial charge >= 0.3 is 0 Å².